The van der Waals surface area contributed by atoms with Gasteiger partial charge in [-0.1, -0.05) is 48.0 Å². The summed E-state index contributed by atoms with van der Waals surface area (Å²) in [6.45, 7) is 6.06. The SMILES string of the molecule is Cc1ccc([C@@H](O)CNC(=O)Nc2c(C)cccc2C)cc1. The average Bonchev–Trinajstić information content (AvgIpc) is 2.49. The second-order valence-corrected chi connectivity index (χ2v) is 5.53. The van der Waals surface area contributed by atoms with Crippen LogP contribution in [0.5, 0.6) is 0 Å². The minimum absolute atomic E-state index is 0.166. The Bertz CT molecular complexity index is 630. The van der Waals surface area contributed by atoms with Crippen LogP contribution in [-0.2, 0) is 0 Å². The van der Waals surface area contributed by atoms with Crippen LogP contribution in [-0.4, -0.2) is 17.7 Å². The van der Waals surface area contributed by atoms with E-state index in [4.69, 9.17) is 0 Å². The van der Waals surface area contributed by atoms with Gasteiger partial charge in [0.15, 0.2) is 0 Å². The van der Waals surface area contributed by atoms with Gasteiger partial charge in [-0.05, 0) is 37.5 Å². The lowest BCUT2D eigenvalue weighted by atomic mass is 10.1. The van der Waals surface area contributed by atoms with E-state index >= 15 is 0 Å². The summed E-state index contributed by atoms with van der Waals surface area (Å²) in [7, 11) is 0. The van der Waals surface area contributed by atoms with Gasteiger partial charge in [-0.2, -0.15) is 0 Å². The van der Waals surface area contributed by atoms with Gasteiger partial charge in [0.2, 0.25) is 0 Å². The van der Waals surface area contributed by atoms with Gasteiger partial charge >= 0.3 is 6.03 Å². The molecule has 0 unspecified atom stereocenters. The van der Waals surface area contributed by atoms with Crippen molar-refractivity contribution in [2.75, 3.05) is 11.9 Å². The summed E-state index contributed by atoms with van der Waals surface area (Å²) < 4.78 is 0. The van der Waals surface area contributed by atoms with Crippen molar-refractivity contribution in [3.05, 3.63) is 64.7 Å². The summed E-state index contributed by atoms with van der Waals surface area (Å²) in [5.74, 6) is 0. The molecule has 2 aromatic rings. The van der Waals surface area contributed by atoms with Crippen LogP contribution >= 0.6 is 0 Å². The molecule has 0 radical (unpaired) electrons. The van der Waals surface area contributed by atoms with E-state index in [2.05, 4.69) is 10.6 Å². The van der Waals surface area contributed by atoms with Crippen molar-refractivity contribution in [3.8, 4) is 0 Å². The number of aliphatic hydroxyl groups is 1. The van der Waals surface area contributed by atoms with Crippen LogP contribution < -0.4 is 10.6 Å². The maximum absolute atomic E-state index is 12.0. The molecule has 0 spiro atoms. The smallest absolute Gasteiger partial charge is 0.319 e. The Morgan fingerprint density at radius 1 is 1.05 bits per heavy atom. The van der Waals surface area contributed by atoms with Gasteiger partial charge in [-0.3, -0.25) is 0 Å². The molecule has 2 rings (SSSR count). The molecule has 22 heavy (non-hydrogen) atoms. The highest BCUT2D eigenvalue weighted by molar-refractivity contribution is 5.90. The number of para-hydroxylation sites is 1. The molecule has 0 aromatic heterocycles. The van der Waals surface area contributed by atoms with Crippen LogP contribution in [0.4, 0.5) is 10.5 Å². The fraction of sp³-hybridized carbons (Fsp3) is 0.278. The van der Waals surface area contributed by atoms with E-state index in [0.29, 0.717) is 0 Å². The van der Waals surface area contributed by atoms with E-state index < -0.39 is 6.10 Å². The Kier molecular flexibility index (Phi) is 5.17. The second-order valence-electron chi connectivity index (χ2n) is 5.53. The van der Waals surface area contributed by atoms with Crippen molar-refractivity contribution in [3.63, 3.8) is 0 Å². The number of hydrogen-bond donors (Lipinski definition) is 3. The second kappa shape index (κ2) is 7.09. The highest BCUT2D eigenvalue weighted by atomic mass is 16.3. The highest BCUT2D eigenvalue weighted by Crippen LogP contribution is 2.19. The number of aliphatic hydroxyl groups excluding tert-OH is 1. The average molecular weight is 298 g/mol. The molecule has 4 heteroatoms. The quantitative estimate of drug-likeness (QED) is 0.809. The topological polar surface area (TPSA) is 61.4 Å². The normalized spacial score (nSPS) is 11.8. The van der Waals surface area contributed by atoms with Gasteiger partial charge in [0.25, 0.3) is 0 Å². The van der Waals surface area contributed by atoms with Crippen LogP contribution in [0, 0.1) is 20.8 Å². The lowest BCUT2D eigenvalue weighted by molar-refractivity contribution is 0.175. The molecule has 4 nitrogen and oxygen atoms in total. The number of rotatable bonds is 4. The van der Waals surface area contributed by atoms with Crippen LogP contribution in [0.15, 0.2) is 42.5 Å². The predicted octanol–water partition coefficient (Wildman–Crippen LogP) is 3.47. The number of urea groups is 1. The molecule has 116 valence electrons. The number of amides is 2. The molecule has 0 aliphatic carbocycles. The van der Waals surface area contributed by atoms with Crippen molar-refractivity contribution < 1.29 is 9.90 Å². The van der Waals surface area contributed by atoms with Gasteiger partial charge < -0.3 is 15.7 Å². The van der Waals surface area contributed by atoms with Gasteiger partial charge in [0.1, 0.15) is 0 Å². The summed E-state index contributed by atoms with van der Waals surface area (Å²) in [5, 5.41) is 15.6. The number of hydrogen-bond acceptors (Lipinski definition) is 2. The number of nitrogens with one attached hydrogen (secondary N) is 2. The molecule has 0 aliphatic heterocycles. The van der Waals surface area contributed by atoms with Gasteiger partial charge in [-0.15, -0.1) is 0 Å². The first-order chi connectivity index (χ1) is 10.5. The fourth-order valence-corrected chi connectivity index (χ4v) is 2.27. The molecule has 0 heterocycles. The third kappa shape index (κ3) is 4.09. The maximum Gasteiger partial charge on any atom is 0.319 e. The summed E-state index contributed by atoms with van der Waals surface area (Å²) in [5.41, 5.74) is 4.75. The number of aryl methyl sites for hydroxylation is 3. The van der Waals surface area contributed by atoms with E-state index in [1.165, 1.54) is 0 Å². The Labute approximate surface area is 131 Å². The van der Waals surface area contributed by atoms with Gasteiger partial charge in [-0.25, -0.2) is 4.79 Å². The molecule has 2 aromatic carbocycles. The van der Waals surface area contributed by atoms with Crippen molar-refractivity contribution in [2.45, 2.75) is 26.9 Å². The first-order valence-electron chi connectivity index (χ1n) is 7.33. The molecule has 3 N–H and O–H groups in total. The summed E-state index contributed by atoms with van der Waals surface area (Å²) in [4.78, 5) is 12.0. The van der Waals surface area contributed by atoms with E-state index in [-0.39, 0.29) is 12.6 Å². The molecule has 0 saturated heterocycles. The van der Waals surface area contributed by atoms with Crippen LogP contribution in [0.3, 0.4) is 0 Å². The molecule has 2 amide bonds. The van der Waals surface area contributed by atoms with Crippen LogP contribution in [0.25, 0.3) is 0 Å². The standard InChI is InChI=1S/C18H22N2O2/c1-12-7-9-15(10-8-12)16(21)11-19-18(22)20-17-13(2)5-4-6-14(17)3/h4-10,16,21H,11H2,1-3H3,(H2,19,20,22)/t16-/m0/s1. The molecular weight excluding hydrogens is 276 g/mol. The van der Waals surface area contributed by atoms with Crippen LogP contribution in [0.1, 0.15) is 28.4 Å². The fourth-order valence-electron chi connectivity index (χ4n) is 2.27. The molecule has 0 bridgehead atoms. The van der Waals surface area contributed by atoms with Gasteiger partial charge in [0, 0.05) is 12.2 Å². The van der Waals surface area contributed by atoms with E-state index in [1.807, 2.05) is 63.2 Å². The van der Waals surface area contributed by atoms with Crippen LogP contribution in [0.2, 0.25) is 0 Å². The molecule has 0 saturated carbocycles. The number of carbonyl (C=O) groups excluding carboxylic acids is 1. The van der Waals surface area contributed by atoms with Crippen molar-refractivity contribution in [2.24, 2.45) is 0 Å². The van der Waals surface area contributed by atoms with Crippen molar-refractivity contribution in [1.82, 2.24) is 5.32 Å². The summed E-state index contributed by atoms with van der Waals surface area (Å²) in [6.07, 6.45) is -0.718. The Morgan fingerprint density at radius 2 is 1.64 bits per heavy atom. The Morgan fingerprint density at radius 3 is 2.23 bits per heavy atom. The zero-order valence-corrected chi connectivity index (χ0v) is 13.2. The van der Waals surface area contributed by atoms with E-state index in [0.717, 1.165) is 27.9 Å². The summed E-state index contributed by atoms with van der Waals surface area (Å²) in [6, 6.07) is 13.1. The molecule has 0 fully saturated rings. The third-order valence-electron chi connectivity index (χ3n) is 3.64. The maximum atomic E-state index is 12.0. The highest BCUT2D eigenvalue weighted by Gasteiger charge is 2.11. The summed E-state index contributed by atoms with van der Waals surface area (Å²) >= 11 is 0. The minimum atomic E-state index is -0.718. The van der Waals surface area contributed by atoms with Crippen molar-refractivity contribution in [1.29, 1.82) is 0 Å². The van der Waals surface area contributed by atoms with Crippen molar-refractivity contribution >= 4 is 11.7 Å². The lowest BCUT2D eigenvalue weighted by Gasteiger charge is -2.15. The number of benzene rings is 2. The zero-order valence-electron chi connectivity index (χ0n) is 13.2. The monoisotopic (exact) mass is 298 g/mol. The lowest BCUT2D eigenvalue weighted by Crippen LogP contribution is -2.32. The first kappa shape index (κ1) is 16.0. The zero-order chi connectivity index (χ0) is 16.1. The molecular formula is C18H22N2O2. The van der Waals surface area contributed by atoms with E-state index in [9.17, 15) is 9.90 Å². The van der Waals surface area contributed by atoms with Gasteiger partial charge in [0.05, 0.1) is 6.10 Å². The predicted molar refractivity (Wildman–Crippen MR) is 89.1 cm³/mol. The third-order valence-corrected chi connectivity index (χ3v) is 3.64. The minimum Gasteiger partial charge on any atom is -0.387 e. The Balaban J connectivity index is 1.91. The number of carbonyl (C=O) groups is 1. The molecule has 1 atom stereocenters. The first-order valence-corrected chi connectivity index (χ1v) is 7.33. The molecule has 0 aliphatic rings. The van der Waals surface area contributed by atoms with E-state index in [1.54, 1.807) is 0 Å². The largest absolute Gasteiger partial charge is 0.387 e. The number of anilines is 1. The Hall–Kier alpha value is -2.33.